The summed E-state index contributed by atoms with van der Waals surface area (Å²) in [5.74, 6) is -0.518. The van der Waals surface area contributed by atoms with Crippen LogP contribution in [0.3, 0.4) is 0 Å². The first kappa shape index (κ1) is 19.9. The van der Waals surface area contributed by atoms with E-state index in [0.29, 0.717) is 35.6 Å². The van der Waals surface area contributed by atoms with E-state index >= 15 is 0 Å². The molecule has 2 N–H and O–H groups in total. The summed E-state index contributed by atoms with van der Waals surface area (Å²) in [7, 11) is 2.91. The van der Waals surface area contributed by atoms with Gasteiger partial charge in [0.15, 0.2) is 0 Å². The standard InChI is InChI=1S/C20H23N3O4S/c1-11-5-6-13(9-12(11)2)17(24)22-19-16(18(25)21-3)14-7-8-23(20(26)27-4)10-15(14)28-19/h5-6,9H,7-8,10H2,1-4H3,(H,21,25)(H,22,24). The Hall–Kier alpha value is -2.87. The highest BCUT2D eigenvalue weighted by Gasteiger charge is 2.30. The molecule has 0 saturated carbocycles. The minimum atomic E-state index is -0.402. The molecule has 2 aromatic rings. The van der Waals surface area contributed by atoms with Gasteiger partial charge in [-0.15, -0.1) is 11.3 Å². The highest BCUT2D eigenvalue weighted by Crippen LogP contribution is 2.37. The summed E-state index contributed by atoms with van der Waals surface area (Å²) >= 11 is 1.33. The third-order valence-electron chi connectivity index (χ3n) is 4.94. The Morgan fingerprint density at radius 3 is 2.54 bits per heavy atom. The predicted molar refractivity (Wildman–Crippen MR) is 108 cm³/mol. The minimum absolute atomic E-state index is 0.251. The summed E-state index contributed by atoms with van der Waals surface area (Å²) < 4.78 is 4.80. The Bertz CT molecular complexity index is 951. The Labute approximate surface area is 167 Å². The van der Waals surface area contributed by atoms with Crippen LogP contribution in [0.4, 0.5) is 9.80 Å². The van der Waals surface area contributed by atoms with Crippen molar-refractivity contribution in [3.8, 4) is 0 Å². The predicted octanol–water partition coefficient (Wildman–Crippen LogP) is 3.10. The largest absolute Gasteiger partial charge is 0.453 e. The van der Waals surface area contributed by atoms with Crippen molar-refractivity contribution in [2.24, 2.45) is 0 Å². The van der Waals surface area contributed by atoms with E-state index in [1.807, 2.05) is 26.0 Å². The summed E-state index contributed by atoms with van der Waals surface area (Å²) in [6.07, 6.45) is 0.129. The number of carbonyl (C=O) groups is 3. The molecule has 0 fully saturated rings. The van der Waals surface area contributed by atoms with Crippen LogP contribution in [0.2, 0.25) is 0 Å². The number of fused-ring (bicyclic) bond motifs is 1. The second kappa shape index (κ2) is 8.02. The summed E-state index contributed by atoms with van der Waals surface area (Å²) in [5, 5.41) is 6.03. The van der Waals surface area contributed by atoms with Crippen molar-refractivity contribution in [2.45, 2.75) is 26.8 Å². The van der Waals surface area contributed by atoms with E-state index in [4.69, 9.17) is 4.74 Å². The molecule has 7 nitrogen and oxygen atoms in total. The first-order valence-corrected chi connectivity index (χ1v) is 9.75. The number of carbonyl (C=O) groups excluding carboxylic acids is 3. The Balaban J connectivity index is 1.93. The lowest BCUT2D eigenvalue weighted by Gasteiger charge is -2.25. The molecule has 1 aromatic carbocycles. The van der Waals surface area contributed by atoms with Crippen molar-refractivity contribution < 1.29 is 19.1 Å². The molecule has 0 radical (unpaired) electrons. The maximum atomic E-state index is 12.8. The molecule has 8 heteroatoms. The molecule has 3 amide bonds. The van der Waals surface area contributed by atoms with Crippen molar-refractivity contribution in [3.05, 3.63) is 50.9 Å². The molecule has 0 spiro atoms. The number of methoxy groups -OCH3 is 1. The van der Waals surface area contributed by atoms with Crippen molar-refractivity contribution in [1.29, 1.82) is 0 Å². The summed E-state index contributed by atoms with van der Waals surface area (Å²) in [5.41, 5.74) is 4.02. The zero-order valence-electron chi connectivity index (χ0n) is 16.3. The van der Waals surface area contributed by atoms with Crippen LogP contribution in [0.25, 0.3) is 0 Å². The number of ether oxygens (including phenoxy) is 1. The fraction of sp³-hybridized carbons (Fsp3) is 0.350. The van der Waals surface area contributed by atoms with Crippen LogP contribution in [0, 0.1) is 13.8 Å². The average molecular weight is 401 g/mol. The molecule has 1 aromatic heterocycles. The molecule has 28 heavy (non-hydrogen) atoms. The van der Waals surface area contributed by atoms with Gasteiger partial charge in [0, 0.05) is 24.0 Å². The molecule has 1 aliphatic heterocycles. The van der Waals surface area contributed by atoms with E-state index in [9.17, 15) is 14.4 Å². The van der Waals surface area contributed by atoms with Gasteiger partial charge < -0.3 is 20.3 Å². The first-order chi connectivity index (χ1) is 13.3. The van der Waals surface area contributed by atoms with Crippen LogP contribution >= 0.6 is 11.3 Å². The van der Waals surface area contributed by atoms with Crippen molar-refractivity contribution >= 4 is 34.2 Å². The maximum Gasteiger partial charge on any atom is 0.409 e. The Kier molecular flexibility index (Phi) is 5.69. The van der Waals surface area contributed by atoms with E-state index in [0.717, 1.165) is 21.6 Å². The molecular formula is C20H23N3O4S. The second-order valence-electron chi connectivity index (χ2n) is 6.68. The zero-order chi connectivity index (χ0) is 20.4. The van der Waals surface area contributed by atoms with Crippen LogP contribution in [0.15, 0.2) is 18.2 Å². The Morgan fingerprint density at radius 1 is 1.14 bits per heavy atom. The lowest BCUT2D eigenvalue weighted by atomic mass is 10.0. The minimum Gasteiger partial charge on any atom is -0.453 e. The first-order valence-electron chi connectivity index (χ1n) is 8.93. The van der Waals surface area contributed by atoms with Gasteiger partial charge in [-0.05, 0) is 49.1 Å². The molecule has 1 aliphatic rings. The van der Waals surface area contributed by atoms with Gasteiger partial charge in [-0.1, -0.05) is 6.07 Å². The van der Waals surface area contributed by atoms with Gasteiger partial charge in [0.2, 0.25) is 0 Å². The zero-order valence-corrected chi connectivity index (χ0v) is 17.2. The van der Waals surface area contributed by atoms with E-state index in [1.54, 1.807) is 18.0 Å². The van der Waals surface area contributed by atoms with Gasteiger partial charge >= 0.3 is 6.09 Å². The molecule has 0 saturated heterocycles. The maximum absolute atomic E-state index is 12.8. The van der Waals surface area contributed by atoms with Crippen molar-refractivity contribution in [2.75, 3.05) is 26.0 Å². The number of benzene rings is 1. The second-order valence-corrected chi connectivity index (χ2v) is 7.79. The van der Waals surface area contributed by atoms with Gasteiger partial charge in [-0.3, -0.25) is 9.59 Å². The van der Waals surface area contributed by atoms with Crippen molar-refractivity contribution in [1.82, 2.24) is 10.2 Å². The highest BCUT2D eigenvalue weighted by molar-refractivity contribution is 7.17. The highest BCUT2D eigenvalue weighted by atomic mass is 32.1. The molecule has 0 aliphatic carbocycles. The number of anilines is 1. The number of rotatable bonds is 3. The number of nitrogens with one attached hydrogen (secondary N) is 2. The smallest absolute Gasteiger partial charge is 0.409 e. The topological polar surface area (TPSA) is 87.7 Å². The van der Waals surface area contributed by atoms with Gasteiger partial charge in [0.1, 0.15) is 5.00 Å². The molecule has 2 heterocycles. The average Bonchev–Trinajstić information content (AvgIpc) is 3.05. The third-order valence-corrected chi connectivity index (χ3v) is 6.07. The molecule has 0 atom stereocenters. The van der Waals surface area contributed by atoms with E-state index in [2.05, 4.69) is 10.6 Å². The number of hydrogen-bond donors (Lipinski definition) is 2. The normalized spacial score (nSPS) is 12.9. The quantitative estimate of drug-likeness (QED) is 0.827. The van der Waals surface area contributed by atoms with E-state index < -0.39 is 6.09 Å². The fourth-order valence-corrected chi connectivity index (χ4v) is 4.46. The van der Waals surface area contributed by atoms with Gasteiger partial charge in [-0.2, -0.15) is 0 Å². The SMILES string of the molecule is CNC(=O)c1c(NC(=O)c2ccc(C)c(C)c2)sc2c1CCN(C(=O)OC)C2. The lowest BCUT2D eigenvalue weighted by molar-refractivity contribution is 0.0962. The molecule has 3 rings (SSSR count). The fourth-order valence-electron chi connectivity index (χ4n) is 3.20. The summed E-state index contributed by atoms with van der Waals surface area (Å²) in [6, 6.07) is 5.50. The monoisotopic (exact) mass is 401 g/mol. The van der Waals surface area contributed by atoms with E-state index in [1.165, 1.54) is 18.4 Å². The van der Waals surface area contributed by atoms with Crippen LogP contribution in [-0.4, -0.2) is 43.5 Å². The van der Waals surface area contributed by atoms with Gasteiger partial charge in [-0.25, -0.2) is 4.79 Å². The van der Waals surface area contributed by atoms with Gasteiger partial charge in [0.25, 0.3) is 11.8 Å². The Morgan fingerprint density at radius 2 is 1.89 bits per heavy atom. The van der Waals surface area contributed by atoms with Crippen LogP contribution in [-0.2, 0) is 17.7 Å². The third kappa shape index (κ3) is 3.73. The molecule has 0 bridgehead atoms. The lowest BCUT2D eigenvalue weighted by Crippen LogP contribution is -2.35. The number of hydrogen-bond acceptors (Lipinski definition) is 5. The van der Waals surface area contributed by atoms with E-state index in [-0.39, 0.29) is 11.8 Å². The summed E-state index contributed by atoms with van der Waals surface area (Å²) in [4.78, 5) is 39.6. The van der Waals surface area contributed by atoms with Crippen LogP contribution in [0.5, 0.6) is 0 Å². The molecular weight excluding hydrogens is 378 g/mol. The van der Waals surface area contributed by atoms with Gasteiger partial charge in [0.05, 0.1) is 19.2 Å². The number of nitrogens with zero attached hydrogens (tertiary/aromatic N) is 1. The summed E-state index contributed by atoms with van der Waals surface area (Å²) in [6.45, 7) is 4.76. The number of amides is 3. The number of thiophene rings is 1. The number of aryl methyl sites for hydroxylation is 2. The molecule has 0 unspecified atom stereocenters. The molecule has 148 valence electrons. The van der Waals surface area contributed by atoms with Crippen LogP contribution in [0.1, 0.15) is 42.3 Å². The van der Waals surface area contributed by atoms with Crippen LogP contribution < -0.4 is 10.6 Å². The van der Waals surface area contributed by atoms with Crippen molar-refractivity contribution in [3.63, 3.8) is 0 Å².